The molecule has 0 saturated carbocycles. The predicted molar refractivity (Wildman–Crippen MR) is 106 cm³/mol. The topological polar surface area (TPSA) is 110 Å². The molecule has 1 amide bonds. The molecule has 2 atom stereocenters. The van der Waals surface area contributed by atoms with Gasteiger partial charge in [0.05, 0.1) is 11.5 Å². The zero-order valence-corrected chi connectivity index (χ0v) is 16.4. The van der Waals surface area contributed by atoms with Crippen molar-refractivity contribution in [1.82, 2.24) is 4.90 Å². The van der Waals surface area contributed by atoms with Gasteiger partial charge in [-0.2, -0.15) is 0 Å². The summed E-state index contributed by atoms with van der Waals surface area (Å²) in [6.07, 6.45) is 5.14. The summed E-state index contributed by atoms with van der Waals surface area (Å²) in [4.78, 5) is 37.8. The Morgan fingerprint density at radius 1 is 1.24 bits per heavy atom. The highest BCUT2D eigenvalue weighted by Gasteiger charge is 2.54. The van der Waals surface area contributed by atoms with Crippen molar-refractivity contribution in [1.29, 1.82) is 0 Å². The number of carbonyl (C=O) groups excluding carboxylic acids is 2. The second-order valence-electron chi connectivity index (χ2n) is 7.20. The zero-order valence-electron chi connectivity index (χ0n) is 16.4. The highest BCUT2D eigenvalue weighted by atomic mass is 16.5. The standard InChI is InChI=1S/C22H24N2O5/c1-3-15-19(20(27)21(23)28)22(2)16(10-7-11-17(22)29-13-18(25)26)24(15)12-14-8-5-4-6-9-14/h4-11,17H,3,12-13H2,1-2H3,(H2,23,28)(H,25,26). The molecule has 0 bridgehead atoms. The van der Waals surface area contributed by atoms with E-state index in [4.69, 9.17) is 15.6 Å². The second kappa shape index (κ2) is 8.05. The average molecular weight is 396 g/mol. The summed E-state index contributed by atoms with van der Waals surface area (Å²) in [6, 6.07) is 9.76. The Morgan fingerprint density at radius 2 is 1.93 bits per heavy atom. The molecule has 3 N–H and O–H groups in total. The molecule has 152 valence electrons. The van der Waals surface area contributed by atoms with Crippen molar-refractivity contribution >= 4 is 17.7 Å². The number of benzene rings is 1. The van der Waals surface area contributed by atoms with Crippen molar-refractivity contribution < 1.29 is 24.2 Å². The molecule has 1 heterocycles. The Hall–Kier alpha value is -3.19. The van der Waals surface area contributed by atoms with Gasteiger partial charge in [0.15, 0.2) is 0 Å². The third-order valence-electron chi connectivity index (χ3n) is 5.42. The fraction of sp³-hybridized carbons (Fsp3) is 0.318. The van der Waals surface area contributed by atoms with Crippen LogP contribution in [-0.4, -0.2) is 40.4 Å². The van der Waals surface area contributed by atoms with Crippen molar-refractivity contribution in [3.05, 3.63) is 71.1 Å². The molecule has 1 aromatic carbocycles. The number of primary amides is 1. The van der Waals surface area contributed by atoms with Crippen molar-refractivity contribution in [2.24, 2.45) is 11.1 Å². The maximum absolute atomic E-state index is 12.9. The Labute approximate surface area is 169 Å². The van der Waals surface area contributed by atoms with E-state index in [-0.39, 0.29) is 5.57 Å². The van der Waals surface area contributed by atoms with Crippen LogP contribution in [0.25, 0.3) is 0 Å². The minimum atomic E-state index is -1.11. The van der Waals surface area contributed by atoms with Crippen LogP contribution in [0.2, 0.25) is 0 Å². The number of allylic oxidation sites excluding steroid dienone is 3. The highest BCUT2D eigenvalue weighted by molar-refractivity contribution is 6.43. The molecule has 2 aliphatic rings. The monoisotopic (exact) mass is 396 g/mol. The zero-order chi connectivity index (χ0) is 21.2. The van der Waals surface area contributed by atoms with E-state index >= 15 is 0 Å². The van der Waals surface area contributed by atoms with Gasteiger partial charge in [0.1, 0.15) is 6.61 Å². The number of amides is 1. The first-order chi connectivity index (χ1) is 13.8. The molecule has 1 aromatic rings. The van der Waals surface area contributed by atoms with Gasteiger partial charge >= 0.3 is 5.97 Å². The first-order valence-corrected chi connectivity index (χ1v) is 9.42. The second-order valence-corrected chi connectivity index (χ2v) is 7.20. The Balaban J connectivity index is 2.13. The molecule has 1 aliphatic heterocycles. The number of Topliss-reactive ketones (excluding diaryl/α,β-unsaturated/α-hetero) is 1. The van der Waals surface area contributed by atoms with E-state index in [9.17, 15) is 14.4 Å². The summed E-state index contributed by atoms with van der Waals surface area (Å²) in [5.41, 5.74) is 7.13. The quantitative estimate of drug-likeness (QED) is 0.652. The maximum atomic E-state index is 12.9. The summed E-state index contributed by atoms with van der Waals surface area (Å²) in [5, 5.41) is 9.05. The smallest absolute Gasteiger partial charge is 0.329 e. The molecule has 0 saturated heterocycles. The van der Waals surface area contributed by atoms with Gasteiger partial charge in [-0.25, -0.2) is 4.79 Å². The first kappa shape index (κ1) is 20.5. The van der Waals surface area contributed by atoms with Crippen LogP contribution in [-0.2, 0) is 25.7 Å². The van der Waals surface area contributed by atoms with Crippen LogP contribution in [0, 0.1) is 5.41 Å². The van der Waals surface area contributed by atoms with Gasteiger partial charge in [-0.3, -0.25) is 9.59 Å². The molecule has 7 heteroatoms. The number of hydrogen-bond donors (Lipinski definition) is 2. The number of carbonyl (C=O) groups is 3. The Kier molecular flexibility index (Phi) is 5.70. The molecule has 0 aromatic heterocycles. The van der Waals surface area contributed by atoms with E-state index in [1.54, 1.807) is 19.1 Å². The van der Waals surface area contributed by atoms with Gasteiger partial charge in [-0.15, -0.1) is 0 Å². The number of carboxylic acid groups (broad SMARTS) is 1. The van der Waals surface area contributed by atoms with Crippen LogP contribution in [0.5, 0.6) is 0 Å². The molecule has 2 unspecified atom stereocenters. The number of hydrogen-bond acceptors (Lipinski definition) is 5. The molecule has 0 radical (unpaired) electrons. The lowest BCUT2D eigenvalue weighted by atomic mass is 9.71. The summed E-state index contributed by atoms with van der Waals surface area (Å²) in [7, 11) is 0. The summed E-state index contributed by atoms with van der Waals surface area (Å²) >= 11 is 0. The molecular weight excluding hydrogens is 372 g/mol. The van der Waals surface area contributed by atoms with Gasteiger partial charge in [0.2, 0.25) is 5.78 Å². The third kappa shape index (κ3) is 3.61. The Bertz CT molecular complexity index is 932. The Morgan fingerprint density at radius 3 is 2.52 bits per heavy atom. The van der Waals surface area contributed by atoms with Crippen LogP contribution < -0.4 is 5.73 Å². The fourth-order valence-electron chi connectivity index (χ4n) is 4.17. The van der Waals surface area contributed by atoms with Crippen molar-refractivity contribution in [2.75, 3.05) is 6.61 Å². The highest BCUT2D eigenvalue weighted by Crippen LogP contribution is 2.53. The van der Waals surface area contributed by atoms with E-state index in [2.05, 4.69) is 0 Å². The van der Waals surface area contributed by atoms with Gasteiger partial charge in [0.25, 0.3) is 5.91 Å². The van der Waals surface area contributed by atoms with E-state index in [0.717, 1.165) is 11.3 Å². The van der Waals surface area contributed by atoms with Crippen LogP contribution in [0.15, 0.2) is 65.5 Å². The van der Waals surface area contributed by atoms with Crippen LogP contribution in [0.4, 0.5) is 0 Å². The van der Waals surface area contributed by atoms with Crippen LogP contribution >= 0.6 is 0 Å². The van der Waals surface area contributed by atoms with E-state index < -0.39 is 35.8 Å². The van der Waals surface area contributed by atoms with Gasteiger partial charge < -0.3 is 20.5 Å². The number of nitrogens with two attached hydrogens (primary N) is 1. The third-order valence-corrected chi connectivity index (χ3v) is 5.42. The van der Waals surface area contributed by atoms with E-state index in [1.807, 2.05) is 48.2 Å². The minimum absolute atomic E-state index is 0.273. The fourth-order valence-corrected chi connectivity index (χ4v) is 4.17. The van der Waals surface area contributed by atoms with Crippen LogP contribution in [0.1, 0.15) is 25.8 Å². The minimum Gasteiger partial charge on any atom is -0.480 e. The average Bonchev–Trinajstić information content (AvgIpc) is 2.94. The number of nitrogens with zero attached hydrogens (tertiary/aromatic N) is 1. The number of carboxylic acids is 1. The lowest BCUT2D eigenvalue weighted by molar-refractivity contribution is -0.145. The lowest BCUT2D eigenvalue weighted by Crippen LogP contribution is -2.43. The van der Waals surface area contributed by atoms with E-state index in [0.29, 0.717) is 18.7 Å². The number of aliphatic carboxylic acids is 1. The number of ether oxygens (including phenoxy) is 1. The molecule has 7 nitrogen and oxygen atoms in total. The van der Waals surface area contributed by atoms with Crippen molar-refractivity contribution in [2.45, 2.75) is 32.9 Å². The summed E-state index contributed by atoms with van der Waals surface area (Å²) in [6.45, 7) is 3.69. The predicted octanol–water partition coefficient (Wildman–Crippen LogP) is 2.15. The normalized spacial score (nSPS) is 23.0. The molecule has 1 aliphatic carbocycles. The SMILES string of the molecule is CCC1=C(C(=O)C(N)=O)C2(C)C(=CC=CC2OCC(=O)O)N1Cc1ccccc1. The molecule has 0 spiro atoms. The molecule has 3 rings (SSSR count). The summed E-state index contributed by atoms with van der Waals surface area (Å²) < 4.78 is 5.62. The van der Waals surface area contributed by atoms with Crippen LogP contribution in [0.3, 0.4) is 0 Å². The molecule has 29 heavy (non-hydrogen) atoms. The first-order valence-electron chi connectivity index (χ1n) is 9.42. The number of fused-ring (bicyclic) bond motifs is 1. The van der Waals surface area contributed by atoms with Gasteiger partial charge in [0, 0.05) is 23.5 Å². The lowest BCUT2D eigenvalue weighted by Gasteiger charge is -2.38. The largest absolute Gasteiger partial charge is 0.480 e. The number of ketones is 1. The van der Waals surface area contributed by atoms with Gasteiger partial charge in [-0.05, 0) is 25.0 Å². The van der Waals surface area contributed by atoms with Gasteiger partial charge in [-0.1, -0.05) is 49.4 Å². The summed E-state index contributed by atoms with van der Waals surface area (Å²) in [5.74, 6) is -2.93. The van der Waals surface area contributed by atoms with Crippen molar-refractivity contribution in [3.8, 4) is 0 Å². The maximum Gasteiger partial charge on any atom is 0.329 e. The molecular formula is C22H24N2O5. The van der Waals surface area contributed by atoms with E-state index in [1.165, 1.54) is 0 Å². The van der Waals surface area contributed by atoms with Crippen molar-refractivity contribution in [3.63, 3.8) is 0 Å². The number of rotatable bonds is 8. The molecule has 0 fully saturated rings.